The average molecular weight is 331 g/mol. The molecule has 0 bridgehead atoms. The van der Waals surface area contributed by atoms with Crippen molar-refractivity contribution in [3.63, 3.8) is 0 Å². The summed E-state index contributed by atoms with van der Waals surface area (Å²) in [5.74, 6) is -0.190. The van der Waals surface area contributed by atoms with Crippen LogP contribution in [0.3, 0.4) is 0 Å². The van der Waals surface area contributed by atoms with Crippen LogP contribution in [0.5, 0.6) is 0 Å². The number of hydrogen-bond acceptors (Lipinski definition) is 2. The second kappa shape index (κ2) is 7.62. The Morgan fingerprint density at radius 2 is 1.61 bits per heavy atom. The zero-order valence-corrected chi connectivity index (χ0v) is 13.7. The van der Waals surface area contributed by atoms with Crippen molar-refractivity contribution < 1.29 is 4.39 Å². The third-order valence-electron chi connectivity index (χ3n) is 4.06. The first-order valence-electron chi connectivity index (χ1n) is 7.85. The Hall–Kier alpha value is -1.84. The van der Waals surface area contributed by atoms with Crippen LogP contribution in [0.4, 0.5) is 10.1 Å². The van der Waals surface area contributed by atoms with Crippen LogP contribution in [0.25, 0.3) is 6.08 Å². The molecule has 0 atom stereocenters. The second-order valence-corrected chi connectivity index (χ2v) is 6.23. The Morgan fingerprint density at radius 3 is 2.26 bits per heavy atom. The zero-order chi connectivity index (χ0) is 16.1. The average Bonchev–Trinajstić information content (AvgIpc) is 2.57. The smallest absolute Gasteiger partial charge is 0.123 e. The van der Waals surface area contributed by atoms with Crippen molar-refractivity contribution in [1.82, 2.24) is 4.90 Å². The number of nitrogens with zero attached hydrogens (tertiary/aromatic N) is 2. The van der Waals surface area contributed by atoms with E-state index in [1.54, 1.807) is 0 Å². The molecule has 1 aliphatic rings. The molecule has 1 fully saturated rings. The lowest BCUT2D eigenvalue weighted by Crippen LogP contribution is -2.46. The monoisotopic (exact) mass is 330 g/mol. The number of piperazine rings is 1. The van der Waals surface area contributed by atoms with E-state index in [-0.39, 0.29) is 5.82 Å². The first-order valence-corrected chi connectivity index (χ1v) is 8.22. The quantitative estimate of drug-likeness (QED) is 0.828. The highest BCUT2D eigenvalue weighted by Gasteiger charge is 2.17. The molecule has 4 heteroatoms. The Bertz CT molecular complexity index is 647. The van der Waals surface area contributed by atoms with E-state index in [0.717, 1.165) is 49.0 Å². The topological polar surface area (TPSA) is 6.48 Å². The highest BCUT2D eigenvalue weighted by Crippen LogP contribution is 2.18. The molecule has 0 amide bonds. The normalized spacial score (nSPS) is 16.6. The first-order chi connectivity index (χ1) is 11.2. The summed E-state index contributed by atoms with van der Waals surface area (Å²) < 4.78 is 13.0. The number of halogens is 2. The molecule has 1 heterocycles. The third kappa shape index (κ3) is 4.57. The van der Waals surface area contributed by atoms with E-state index >= 15 is 0 Å². The summed E-state index contributed by atoms with van der Waals surface area (Å²) in [5, 5.41) is 0.853. The van der Waals surface area contributed by atoms with Crippen molar-refractivity contribution in [2.45, 2.75) is 0 Å². The third-order valence-corrected chi connectivity index (χ3v) is 4.29. The molecule has 2 nitrogen and oxygen atoms in total. The maximum absolute atomic E-state index is 13.0. The van der Waals surface area contributed by atoms with Gasteiger partial charge in [-0.15, -0.1) is 0 Å². The lowest BCUT2D eigenvalue weighted by molar-refractivity contribution is 0.282. The summed E-state index contributed by atoms with van der Waals surface area (Å²) >= 11 is 6.38. The largest absolute Gasteiger partial charge is 0.369 e. The van der Waals surface area contributed by atoms with E-state index in [9.17, 15) is 4.39 Å². The number of anilines is 1. The molecule has 0 spiro atoms. The standard InChI is InChI=1S/C19H20ClFN2/c20-17(14-16-4-2-1-3-5-16)15-22-10-12-23(13-11-22)19-8-6-18(21)7-9-19/h1-9,14H,10-13,15H2. The van der Waals surface area contributed by atoms with Gasteiger partial charge in [0.1, 0.15) is 5.82 Å². The highest BCUT2D eigenvalue weighted by molar-refractivity contribution is 6.31. The van der Waals surface area contributed by atoms with Crippen LogP contribution in [-0.2, 0) is 0 Å². The lowest BCUT2D eigenvalue weighted by Gasteiger charge is -2.36. The predicted molar refractivity (Wildman–Crippen MR) is 95.3 cm³/mol. The van der Waals surface area contributed by atoms with E-state index < -0.39 is 0 Å². The van der Waals surface area contributed by atoms with Crippen molar-refractivity contribution in [3.8, 4) is 0 Å². The highest BCUT2D eigenvalue weighted by atomic mass is 35.5. The summed E-state index contributed by atoms with van der Waals surface area (Å²) in [6.45, 7) is 4.54. The Morgan fingerprint density at radius 1 is 0.957 bits per heavy atom. The minimum absolute atomic E-state index is 0.190. The first kappa shape index (κ1) is 16.0. The van der Waals surface area contributed by atoms with E-state index in [0.29, 0.717) is 0 Å². The van der Waals surface area contributed by atoms with Crippen LogP contribution in [-0.4, -0.2) is 37.6 Å². The Labute approximate surface area is 141 Å². The summed E-state index contributed by atoms with van der Waals surface area (Å²) in [5.41, 5.74) is 2.21. The lowest BCUT2D eigenvalue weighted by atomic mass is 10.2. The van der Waals surface area contributed by atoms with Crippen LogP contribution in [0.2, 0.25) is 0 Å². The SMILES string of the molecule is Fc1ccc(N2CCN(CC(Cl)=Cc3ccccc3)CC2)cc1. The van der Waals surface area contributed by atoms with Gasteiger partial charge in [0.15, 0.2) is 0 Å². The van der Waals surface area contributed by atoms with Gasteiger partial charge in [-0.25, -0.2) is 4.39 Å². The fourth-order valence-electron chi connectivity index (χ4n) is 2.81. The summed E-state index contributed by atoms with van der Waals surface area (Å²) in [6, 6.07) is 16.8. The molecule has 0 unspecified atom stereocenters. The maximum atomic E-state index is 13.0. The van der Waals surface area contributed by atoms with Gasteiger partial charge in [-0.05, 0) is 35.9 Å². The second-order valence-electron chi connectivity index (χ2n) is 5.74. The molecule has 2 aromatic rings. The molecule has 0 aliphatic carbocycles. The van der Waals surface area contributed by atoms with Gasteiger partial charge >= 0.3 is 0 Å². The van der Waals surface area contributed by atoms with Crippen molar-refractivity contribution in [2.75, 3.05) is 37.6 Å². The summed E-state index contributed by atoms with van der Waals surface area (Å²) in [6.07, 6.45) is 2.02. The molecular weight excluding hydrogens is 311 g/mol. The van der Waals surface area contributed by atoms with Crippen molar-refractivity contribution in [1.29, 1.82) is 0 Å². The van der Waals surface area contributed by atoms with Gasteiger partial charge < -0.3 is 4.90 Å². The van der Waals surface area contributed by atoms with Crippen LogP contribution in [0, 0.1) is 5.82 Å². The molecule has 0 radical (unpaired) electrons. The maximum Gasteiger partial charge on any atom is 0.123 e. The fourth-order valence-corrected chi connectivity index (χ4v) is 3.10. The van der Waals surface area contributed by atoms with Gasteiger partial charge in [-0.1, -0.05) is 41.9 Å². The van der Waals surface area contributed by atoms with Gasteiger partial charge in [-0.3, -0.25) is 4.90 Å². The molecule has 0 saturated carbocycles. The van der Waals surface area contributed by atoms with Gasteiger partial charge in [0, 0.05) is 43.4 Å². The molecular formula is C19H20ClFN2. The number of rotatable bonds is 4. The molecule has 2 aromatic carbocycles. The molecule has 120 valence electrons. The molecule has 1 saturated heterocycles. The van der Waals surface area contributed by atoms with Crippen molar-refractivity contribution in [3.05, 3.63) is 71.0 Å². The van der Waals surface area contributed by atoms with E-state index in [1.165, 1.54) is 12.1 Å². The predicted octanol–water partition coefficient (Wildman–Crippen LogP) is 4.23. The molecule has 0 aromatic heterocycles. The minimum atomic E-state index is -0.190. The van der Waals surface area contributed by atoms with Gasteiger partial charge in [0.25, 0.3) is 0 Å². The Balaban J connectivity index is 1.53. The molecule has 23 heavy (non-hydrogen) atoms. The number of benzene rings is 2. The molecule has 3 rings (SSSR count). The zero-order valence-electron chi connectivity index (χ0n) is 13.0. The summed E-state index contributed by atoms with van der Waals surface area (Å²) in [4.78, 5) is 4.63. The van der Waals surface area contributed by atoms with Gasteiger partial charge in [0.05, 0.1) is 0 Å². The van der Waals surface area contributed by atoms with Crippen LogP contribution in [0.15, 0.2) is 59.6 Å². The van der Waals surface area contributed by atoms with Gasteiger partial charge in [0.2, 0.25) is 0 Å². The Kier molecular flexibility index (Phi) is 5.31. The number of hydrogen-bond donors (Lipinski definition) is 0. The van der Waals surface area contributed by atoms with Crippen LogP contribution in [0.1, 0.15) is 5.56 Å². The van der Waals surface area contributed by atoms with Crippen LogP contribution >= 0.6 is 11.6 Å². The summed E-state index contributed by atoms with van der Waals surface area (Å²) in [7, 11) is 0. The van der Waals surface area contributed by atoms with E-state index in [2.05, 4.69) is 21.9 Å². The van der Waals surface area contributed by atoms with Gasteiger partial charge in [-0.2, -0.15) is 0 Å². The van der Waals surface area contributed by atoms with Crippen molar-refractivity contribution in [2.24, 2.45) is 0 Å². The molecule has 1 aliphatic heterocycles. The fraction of sp³-hybridized carbons (Fsp3) is 0.263. The van der Waals surface area contributed by atoms with Crippen LogP contribution < -0.4 is 4.90 Å². The minimum Gasteiger partial charge on any atom is -0.369 e. The van der Waals surface area contributed by atoms with E-state index in [1.807, 2.05) is 36.4 Å². The molecule has 0 N–H and O–H groups in total. The van der Waals surface area contributed by atoms with Crippen molar-refractivity contribution >= 4 is 23.4 Å². The van der Waals surface area contributed by atoms with E-state index in [4.69, 9.17) is 11.6 Å².